The van der Waals surface area contributed by atoms with Crippen molar-refractivity contribution in [1.82, 2.24) is 0 Å². The lowest BCUT2D eigenvalue weighted by molar-refractivity contribution is -0.139. The van der Waals surface area contributed by atoms with Gasteiger partial charge in [-0.2, -0.15) is 0 Å². The Morgan fingerprint density at radius 2 is 2.10 bits per heavy atom. The van der Waals surface area contributed by atoms with E-state index in [1.807, 2.05) is 0 Å². The van der Waals surface area contributed by atoms with Gasteiger partial charge >= 0.3 is 5.97 Å². The summed E-state index contributed by atoms with van der Waals surface area (Å²) in [7, 11) is 0. The second-order valence-electron chi connectivity index (χ2n) is 3.25. The monoisotopic (exact) mass is 142 g/mol. The Hall–Kier alpha value is -0.570. The minimum absolute atomic E-state index is 0.0949. The molecule has 0 bridgehead atoms. The number of carboxylic acid groups (broad SMARTS) is 1. The molecule has 0 aromatic heterocycles. The Morgan fingerprint density at radius 1 is 1.40 bits per heavy atom. The van der Waals surface area contributed by atoms with Crippen LogP contribution >= 0.6 is 0 Å². The maximum atomic E-state index is 10.4. The minimum atomic E-state index is -0.728. The molecule has 0 spiro atoms. The van der Waals surface area contributed by atoms with Crippen LogP contribution in [0.3, 0.4) is 0 Å². The van der Waals surface area contributed by atoms with Crippen LogP contribution < -0.4 is 0 Å². The third-order valence-electron chi connectivity index (χ3n) is 2.75. The van der Waals surface area contributed by atoms with Crippen LogP contribution in [0.15, 0.2) is 0 Å². The predicted octanol–water partition coefficient (Wildman–Crippen LogP) is 0.0879. The van der Waals surface area contributed by atoms with E-state index in [1.54, 1.807) is 0 Å². The fraction of sp³-hybridized carbons (Fsp3) is 0.857. The summed E-state index contributed by atoms with van der Waals surface area (Å²) in [4.78, 5) is 10.4. The van der Waals surface area contributed by atoms with E-state index in [2.05, 4.69) is 0 Å². The van der Waals surface area contributed by atoms with Crippen LogP contribution in [0.4, 0.5) is 0 Å². The fourth-order valence-corrected chi connectivity index (χ4v) is 2.20. The highest BCUT2D eigenvalue weighted by Crippen LogP contribution is 2.57. The SMILES string of the molecule is O=C(O)C1C2CCC(O)C21. The van der Waals surface area contributed by atoms with Gasteiger partial charge in [0, 0.05) is 5.92 Å². The number of hydrogen-bond donors (Lipinski definition) is 2. The lowest BCUT2D eigenvalue weighted by Gasteiger charge is -2.02. The van der Waals surface area contributed by atoms with Crippen molar-refractivity contribution in [2.45, 2.75) is 18.9 Å². The zero-order valence-corrected chi connectivity index (χ0v) is 5.53. The summed E-state index contributed by atoms with van der Waals surface area (Å²) in [6.45, 7) is 0. The van der Waals surface area contributed by atoms with Gasteiger partial charge in [-0.3, -0.25) is 4.79 Å². The van der Waals surface area contributed by atoms with Gasteiger partial charge in [0.15, 0.2) is 0 Å². The van der Waals surface area contributed by atoms with E-state index in [9.17, 15) is 9.90 Å². The van der Waals surface area contributed by atoms with Gasteiger partial charge in [0.05, 0.1) is 12.0 Å². The number of rotatable bonds is 1. The number of aliphatic hydroxyl groups is 1. The highest BCUT2D eigenvalue weighted by atomic mass is 16.4. The molecule has 4 atom stereocenters. The standard InChI is InChI=1S/C7H10O3/c8-4-2-1-3-5(4)6(3)7(9)10/h3-6,8H,1-2H2,(H,9,10). The molecule has 10 heavy (non-hydrogen) atoms. The second-order valence-corrected chi connectivity index (χ2v) is 3.25. The summed E-state index contributed by atoms with van der Waals surface area (Å²) in [5.41, 5.74) is 0. The molecular weight excluding hydrogens is 132 g/mol. The summed E-state index contributed by atoms with van der Waals surface area (Å²) in [6, 6.07) is 0. The molecule has 56 valence electrons. The van der Waals surface area contributed by atoms with Gasteiger partial charge in [-0.25, -0.2) is 0 Å². The van der Waals surface area contributed by atoms with Crippen LogP contribution in [0.1, 0.15) is 12.8 Å². The average Bonchev–Trinajstić information content (AvgIpc) is 2.48. The van der Waals surface area contributed by atoms with E-state index in [0.717, 1.165) is 12.8 Å². The molecule has 2 rings (SSSR count). The number of carbonyl (C=O) groups is 1. The third kappa shape index (κ3) is 0.611. The molecule has 2 N–H and O–H groups in total. The van der Waals surface area contributed by atoms with Crippen LogP contribution in [0.2, 0.25) is 0 Å². The van der Waals surface area contributed by atoms with Crippen molar-refractivity contribution in [3.8, 4) is 0 Å². The topological polar surface area (TPSA) is 57.5 Å². The summed E-state index contributed by atoms with van der Waals surface area (Å²) in [5, 5.41) is 17.8. The maximum Gasteiger partial charge on any atom is 0.307 e. The highest BCUT2D eigenvalue weighted by Gasteiger charge is 2.61. The lowest BCUT2D eigenvalue weighted by atomic mass is 10.1. The smallest absolute Gasteiger partial charge is 0.307 e. The van der Waals surface area contributed by atoms with Gasteiger partial charge in [0.2, 0.25) is 0 Å². The maximum absolute atomic E-state index is 10.4. The summed E-state index contributed by atoms with van der Waals surface area (Å²) >= 11 is 0. The zero-order valence-electron chi connectivity index (χ0n) is 5.53. The Bertz CT molecular complexity index is 178. The Labute approximate surface area is 58.7 Å². The molecule has 0 aliphatic heterocycles. The number of hydrogen-bond acceptors (Lipinski definition) is 2. The Morgan fingerprint density at radius 3 is 2.40 bits per heavy atom. The number of aliphatic hydroxyl groups excluding tert-OH is 1. The van der Waals surface area contributed by atoms with Crippen molar-refractivity contribution in [1.29, 1.82) is 0 Å². The normalized spacial score (nSPS) is 50.5. The van der Waals surface area contributed by atoms with E-state index in [0.29, 0.717) is 5.92 Å². The molecule has 0 amide bonds. The first kappa shape index (κ1) is 6.16. The van der Waals surface area contributed by atoms with Crippen molar-refractivity contribution in [2.24, 2.45) is 17.8 Å². The summed E-state index contributed by atoms with van der Waals surface area (Å²) in [5.74, 6) is -0.553. The molecule has 3 heteroatoms. The van der Waals surface area contributed by atoms with E-state index < -0.39 is 5.97 Å². The molecule has 2 aliphatic carbocycles. The third-order valence-corrected chi connectivity index (χ3v) is 2.75. The summed E-state index contributed by atoms with van der Waals surface area (Å²) < 4.78 is 0. The van der Waals surface area contributed by atoms with Crippen LogP contribution in [0.25, 0.3) is 0 Å². The van der Waals surface area contributed by atoms with E-state index in [4.69, 9.17) is 5.11 Å². The Kier molecular flexibility index (Phi) is 1.06. The molecule has 2 aliphatic rings. The predicted molar refractivity (Wildman–Crippen MR) is 33.3 cm³/mol. The van der Waals surface area contributed by atoms with Gasteiger partial charge in [0.1, 0.15) is 0 Å². The molecule has 0 saturated heterocycles. The molecule has 0 aromatic rings. The molecule has 2 saturated carbocycles. The molecule has 2 fully saturated rings. The van der Waals surface area contributed by atoms with Gasteiger partial charge in [-0.05, 0) is 18.8 Å². The van der Waals surface area contributed by atoms with Gasteiger partial charge in [-0.15, -0.1) is 0 Å². The Balaban J connectivity index is 2.05. The van der Waals surface area contributed by atoms with Crippen molar-refractivity contribution >= 4 is 5.97 Å². The molecule has 3 nitrogen and oxygen atoms in total. The minimum Gasteiger partial charge on any atom is -0.481 e. The van der Waals surface area contributed by atoms with Crippen molar-refractivity contribution in [3.05, 3.63) is 0 Å². The first-order valence-electron chi connectivity index (χ1n) is 3.62. The fourth-order valence-electron chi connectivity index (χ4n) is 2.20. The number of aliphatic carboxylic acids is 1. The molecule has 0 heterocycles. The first-order chi connectivity index (χ1) is 4.72. The summed E-state index contributed by atoms with van der Waals surface area (Å²) in [6.07, 6.45) is 1.38. The molecule has 0 aromatic carbocycles. The van der Waals surface area contributed by atoms with Gasteiger partial charge in [-0.1, -0.05) is 0 Å². The van der Waals surface area contributed by atoms with Gasteiger partial charge < -0.3 is 10.2 Å². The zero-order chi connectivity index (χ0) is 7.30. The number of fused-ring (bicyclic) bond motifs is 1. The highest BCUT2D eigenvalue weighted by molar-refractivity contribution is 5.74. The van der Waals surface area contributed by atoms with E-state index in [1.165, 1.54) is 0 Å². The average molecular weight is 142 g/mol. The van der Waals surface area contributed by atoms with Crippen molar-refractivity contribution in [2.75, 3.05) is 0 Å². The molecular formula is C7H10O3. The van der Waals surface area contributed by atoms with Gasteiger partial charge in [0.25, 0.3) is 0 Å². The lowest BCUT2D eigenvalue weighted by Crippen LogP contribution is -2.12. The van der Waals surface area contributed by atoms with Crippen molar-refractivity contribution < 1.29 is 15.0 Å². The molecule has 4 unspecified atom stereocenters. The van der Waals surface area contributed by atoms with E-state index >= 15 is 0 Å². The largest absolute Gasteiger partial charge is 0.481 e. The van der Waals surface area contributed by atoms with Crippen LogP contribution in [-0.4, -0.2) is 22.3 Å². The van der Waals surface area contributed by atoms with Crippen LogP contribution in [0.5, 0.6) is 0 Å². The quantitative estimate of drug-likeness (QED) is 0.545. The number of carboxylic acids is 1. The van der Waals surface area contributed by atoms with Crippen LogP contribution in [-0.2, 0) is 4.79 Å². The molecule has 0 radical (unpaired) electrons. The van der Waals surface area contributed by atoms with Crippen LogP contribution in [0, 0.1) is 17.8 Å². The second kappa shape index (κ2) is 1.72. The first-order valence-corrected chi connectivity index (χ1v) is 3.62. The van der Waals surface area contributed by atoms with Crippen molar-refractivity contribution in [3.63, 3.8) is 0 Å². The van der Waals surface area contributed by atoms with E-state index in [-0.39, 0.29) is 17.9 Å².